The molecule has 1 unspecified atom stereocenters. The predicted molar refractivity (Wildman–Crippen MR) is 72.2 cm³/mol. The molecule has 3 heteroatoms. The molecule has 96 valence electrons. The van der Waals surface area contributed by atoms with Crippen LogP contribution in [0.3, 0.4) is 0 Å². The molecule has 1 aliphatic rings. The Hall–Kier alpha value is -1.22. The summed E-state index contributed by atoms with van der Waals surface area (Å²) < 4.78 is 5.30. The minimum absolute atomic E-state index is 0.0113. The van der Waals surface area contributed by atoms with Gasteiger partial charge in [-0.25, -0.2) is 0 Å². The number of ether oxygens (including phenoxy) is 1. The number of hydrogen-bond acceptors (Lipinski definition) is 3. The fourth-order valence-electron chi connectivity index (χ4n) is 1.96. The van der Waals surface area contributed by atoms with Crippen molar-refractivity contribution in [2.24, 2.45) is 5.73 Å². The van der Waals surface area contributed by atoms with E-state index in [-0.39, 0.29) is 6.04 Å². The van der Waals surface area contributed by atoms with Gasteiger partial charge in [-0.3, -0.25) is 0 Å². The van der Waals surface area contributed by atoms with Crippen LogP contribution >= 0.6 is 0 Å². The van der Waals surface area contributed by atoms with Crippen molar-refractivity contribution in [3.63, 3.8) is 0 Å². The molecule has 0 aromatic rings. The van der Waals surface area contributed by atoms with Gasteiger partial charge in [0, 0.05) is 11.7 Å². The summed E-state index contributed by atoms with van der Waals surface area (Å²) in [4.78, 5) is 1.98. The molecular weight excluding hydrogens is 212 g/mol. The zero-order valence-electron chi connectivity index (χ0n) is 10.7. The smallest absolute Gasteiger partial charge is 0.186 e. The Morgan fingerprint density at radius 3 is 2.82 bits per heavy atom. The first-order valence-electron chi connectivity index (χ1n) is 6.31. The van der Waals surface area contributed by atoms with Gasteiger partial charge < -0.3 is 15.4 Å². The van der Waals surface area contributed by atoms with Crippen molar-refractivity contribution in [2.75, 3.05) is 13.2 Å². The maximum atomic E-state index is 6.12. The van der Waals surface area contributed by atoms with Gasteiger partial charge in [0.05, 0.1) is 6.54 Å². The van der Waals surface area contributed by atoms with Gasteiger partial charge in [-0.1, -0.05) is 25.5 Å². The van der Waals surface area contributed by atoms with Crippen molar-refractivity contribution < 1.29 is 4.74 Å². The van der Waals surface area contributed by atoms with Crippen LogP contribution in [0.15, 0.2) is 37.4 Å². The van der Waals surface area contributed by atoms with Crippen LogP contribution in [0.5, 0.6) is 0 Å². The summed E-state index contributed by atoms with van der Waals surface area (Å²) >= 11 is 0. The normalized spacial score (nSPS) is 16.8. The molecular formula is C14H24N2O. The zero-order valence-corrected chi connectivity index (χ0v) is 10.7. The van der Waals surface area contributed by atoms with Crippen molar-refractivity contribution >= 4 is 0 Å². The fraction of sp³-hybridized carbons (Fsp3) is 0.571. The lowest BCUT2D eigenvalue weighted by Gasteiger charge is -2.24. The minimum atomic E-state index is 0.0113. The van der Waals surface area contributed by atoms with Crippen molar-refractivity contribution in [3.8, 4) is 0 Å². The van der Waals surface area contributed by atoms with E-state index in [0.29, 0.717) is 12.5 Å². The third-order valence-electron chi connectivity index (χ3n) is 3.08. The molecule has 1 rings (SSSR count). The first kappa shape index (κ1) is 13.8. The van der Waals surface area contributed by atoms with E-state index in [4.69, 9.17) is 10.5 Å². The van der Waals surface area contributed by atoms with Gasteiger partial charge in [0.15, 0.2) is 5.88 Å². The molecule has 17 heavy (non-hydrogen) atoms. The van der Waals surface area contributed by atoms with Gasteiger partial charge in [-0.05, 0) is 25.8 Å². The van der Waals surface area contributed by atoms with Gasteiger partial charge in [-0.2, -0.15) is 0 Å². The van der Waals surface area contributed by atoms with Crippen LogP contribution in [0.1, 0.15) is 32.1 Å². The second kappa shape index (κ2) is 7.17. The lowest BCUT2D eigenvalue weighted by Crippen LogP contribution is -2.32. The van der Waals surface area contributed by atoms with E-state index >= 15 is 0 Å². The van der Waals surface area contributed by atoms with Crippen LogP contribution in [0.4, 0.5) is 0 Å². The lowest BCUT2D eigenvalue weighted by molar-refractivity contribution is 0.245. The molecule has 1 atom stereocenters. The Bertz CT molecular complexity index is 286. The molecule has 0 aliphatic carbocycles. The Labute approximate surface area is 105 Å². The SMILES string of the molecule is C=CCCCCCC(N)C(=C)N1CCOC1=C. The highest BCUT2D eigenvalue weighted by Crippen LogP contribution is 2.21. The fourth-order valence-corrected chi connectivity index (χ4v) is 1.96. The number of allylic oxidation sites excluding steroid dienone is 1. The maximum Gasteiger partial charge on any atom is 0.186 e. The Morgan fingerprint density at radius 2 is 2.24 bits per heavy atom. The van der Waals surface area contributed by atoms with Gasteiger partial charge in [0.25, 0.3) is 0 Å². The van der Waals surface area contributed by atoms with Gasteiger partial charge in [0.2, 0.25) is 0 Å². The van der Waals surface area contributed by atoms with E-state index in [2.05, 4.69) is 19.7 Å². The van der Waals surface area contributed by atoms with Crippen molar-refractivity contribution in [1.29, 1.82) is 0 Å². The van der Waals surface area contributed by atoms with Gasteiger partial charge in [-0.15, -0.1) is 6.58 Å². The van der Waals surface area contributed by atoms with E-state index in [1.54, 1.807) is 0 Å². The molecule has 0 aromatic heterocycles. The lowest BCUT2D eigenvalue weighted by atomic mass is 10.1. The average molecular weight is 236 g/mol. The largest absolute Gasteiger partial charge is 0.477 e. The highest BCUT2D eigenvalue weighted by Gasteiger charge is 2.22. The molecule has 0 amide bonds. The third kappa shape index (κ3) is 4.27. The summed E-state index contributed by atoms with van der Waals surface area (Å²) in [5, 5.41) is 0. The topological polar surface area (TPSA) is 38.5 Å². The Balaban J connectivity index is 2.22. The van der Waals surface area contributed by atoms with Crippen LogP contribution in [0, 0.1) is 0 Å². The predicted octanol–water partition coefficient (Wildman–Crippen LogP) is 2.77. The summed E-state index contributed by atoms with van der Waals surface area (Å²) in [7, 11) is 0. The first-order valence-corrected chi connectivity index (χ1v) is 6.31. The number of nitrogens with two attached hydrogens (primary N) is 1. The molecule has 1 fully saturated rings. The van der Waals surface area contributed by atoms with Crippen molar-refractivity contribution in [1.82, 2.24) is 4.90 Å². The van der Waals surface area contributed by atoms with E-state index in [1.807, 2.05) is 11.0 Å². The molecule has 1 saturated heterocycles. The highest BCUT2D eigenvalue weighted by molar-refractivity contribution is 5.11. The zero-order chi connectivity index (χ0) is 12.7. The Kier molecular flexibility index (Phi) is 5.84. The average Bonchev–Trinajstić information content (AvgIpc) is 2.74. The van der Waals surface area contributed by atoms with Crippen LogP contribution in [0.2, 0.25) is 0 Å². The second-order valence-electron chi connectivity index (χ2n) is 4.42. The quantitative estimate of drug-likeness (QED) is 0.520. The first-order chi connectivity index (χ1) is 8.16. The minimum Gasteiger partial charge on any atom is -0.477 e. The molecule has 0 aromatic carbocycles. The maximum absolute atomic E-state index is 6.12. The monoisotopic (exact) mass is 236 g/mol. The molecule has 0 bridgehead atoms. The summed E-state index contributed by atoms with van der Waals surface area (Å²) in [6.07, 6.45) is 7.55. The molecule has 0 saturated carbocycles. The summed E-state index contributed by atoms with van der Waals surface area (Å²) in [6, 6.07) is 0.0113. The molecule has 3 nitrogen and oxygen atoms in total. The van der Waals surface area contributed by atoms with E-state index in [0.717, 1.165) is 31.5 Å². The van der Waals surface area contributed by atoms with Crippen LogP contribution < -0.4 is 5.73 Å². The Morgan fingerprint density at radius 1 is 1.47 bits per heavy atom. The van der Waals surface area contributed by atoms with Gasteiger partial charge >= 0.3 is 0 Å². The molecule has 1 heterocycles. The van der Waals surface area contributed by atoms with E-state index < -0.39 is 0 Å². The van der Waals surface area contributed by atoms with Crippen molar-refractivity contribution in [2.45, 2.75) is 38.1 Å². The highest BCUT2D eigenvalue weighted by atomic mass is 16.5. The second-order valence-corrected chi connectivity index (χ2v) is 4.42. The van der Waals surface area contributed by atoms with Crippen LogP contribution in [0.25, 0.3) is 0 Å². The number of hydrogen-bond donors (Lipinski definition) is 1. The molecule has 2 N–H and O–H groups in total. The number of nitrogens with zero attached hydrogens (tertiary/aromatic N) is 1. The van der Waals surface area contributed by atoms with Crippen molar-refractivity contribution in [3.05, 3.63) is 37.4 Å². The van der Waals surface area contributed by atoms with E-state index in [9.17, 15) is 0 Å². The molecule has 0 radical (unpaired) electrons. The summed E-state index contributed by atoms with van der Waals surface area (Å²) in [5.41, 5.74) is 7.04. The van der Waals surface area contributed by atoms with Gasteiger partial charge in [0.1, 0.15) is 6.61 Å². The standard InChI is InChI=1S/C14H24N2O/c1-4-5-6-7-8-9-14(15)12(2)16-10-11-17-13(16)3/h4,14H,1-3,5-11,15H2. The van der Waals surface area contributed by atoms with E-state index in [1.165, 1.54) is 12.8 Å². The summed E-state index contributed by atoms with van der Waals surface area (Å²) in [6.45, 7) is 13.1. The number of rotatable bonds is 8. The molecule has 1 aliphatic heterocycles. The molecule has 0 spiro atoms. The summed E-state index contributed by atoms with van der Waals surface area (Å²) in [5.74, 6) is 0.678. The number of unbranched alkanes of at least 4 members (excludes halogenated alkanes) is 3. The van der Waals surface area contributed by atoms with Crippen LogP contribution in [-0.2, 0) is 4.74 Å². The third-order valence-corrected chi connectivity index (χ3v) is 3.08. The van der Waals surface area contributed by atoms with Crippen LogP contribution in [-0.4, -0.2) is 24.1 Å².